The lowest BCUT2D eigenvalue weighted by Crippen LogP contribution is -2.64. The van der Waals surface area contributed by atoms with Gasteiger partial charge in [0.2, 0.25) is 5.91 Å². The van der Waals surface area contributed by atoms with Gasteiger partial charge >= 0.3 is 0 Å². The molecule has 1 amide bonds. The number of nitrogens with zero attached hydrogens (tertiary/aromatic N) is 1. The Morgan fingerprint density at radius 2 is 1.88 bits per heavy atom. The number of rotatable bonds is 3. The molecule has 2 atom stereocenters. The average molecular weight is 378 g/mol. The molecule has 0 bridgehead atoms. The Balaban J connectivity index is 1.64. The van der Waals surface area contributed by atoms with Gasteiger partial charge in [-0.1, -0.05) is 53.5 Å². The van der Waals surface area contributed by atoms with Crippen molar-refractivity contribution >= 4 is 40.5 Å². The van der Waals surface area contributed by atoms with Crippen molar-refractivity contribution in [2.24, 2.45) is 0 Å². The summed E-state index contributed by atoms with van der Waals surface area (Å²) in [5.41, 5.74) is 2.57. The van der Waals surface area contributed by atoms with E-state index in [1.54, 1.807) is 12.1 Å². The number of fused-ring (bicyclic) bond motifs is 3. The van der Waals surface area contributed by atoms with Crippen LogP contribution in [0.15, 0.2) is 42.5 Å². The van der Waals surface area contributed by atoms with Crippen LogP contribution < -0.4 is 15.5 Å². The maximum Gasteiger partial charge on any atom is 0.248 e. The van der Waals surface area contributed by atoms with E-state index < -0.39 is 0 Å². The minimum absolute atomic E-state index is 0.0774. The van der Waals surface area contributed by atoms with Gasteiger partial charge in [0.15, 0.2) is 0 Å². The van der Waals surface area contributed by atoms with Gasteiger partial charge in [0, 0.05) is 13.1 Å². The summed E-state index contributed by atoms with van der Waals surface area (Å²) >= 11 is 12.3. The number of carbonyl (C=O) groups excluding carboxylic acids is 1. The van der Waals surface area contributed by atoms with E-state index in [-0.39, 0.29) is 18.2 Å². The fourth-order valence-electron chi connectivity index (χ4n) is 3.25. The molecule has 5 nitrogen and oxygen atoms in total. The fraction of sp³-hybridized carbons (Fsp3) is 0.278. The van der Waals surface area contributed by atoms with Gasteiger partial charge in [-0.25, -0.2) is 0 Å². The second-order valence-electron chi connectivity index (χ2n) is 6.11. The van der Waals surface area contributed by atoms with Gasteiger partial charge in [0.25, 0.3) is 0 Å². The Morgan fingerprint density at radius 1 is 1.12 bits per heavy atom. The Labute approximate surface area is 155 Å². The second kappa shape index (κ2) is 6.84. The van der Waals surface area contributed by atoms with Crippen molar-refractivity contribution < 1.29 is 9.53 Å². The summed E-state index contributed by atoms with van der Waals surface area (Å²) in [6, 6.07) is 13.1. The summed E-state index contributed by atoms with van der Waals surface area (Å²) < 4.78 is 6.12. The number of amides is 1. The molecule has 7 heteroatoms. The zero-order valence-corrected chi connectivity index (χ0v) is 14.8. The number of hydrogen-bond acceptors (Lipinski definition) is 4. The van der Waals surface area contributed by atoms with Crippen LogP contribution in [0, 0.1) is 0 Å². The van der Waals surface area contributed by atoms with Gasteiger partial charge < -0.3 is 20.3 Å². The molecule has 130 valence electrons. The molecule has 1 saturated heterocycles. The molecular formula is C18H17Cl2N3O2. The monoisotopic (exact) mass is 377 g/mol. The molecule has 0 radical (unpaired) electrons. The van der Waals surface area contributed by atoms with Gasteiger partial charge in [-0.05, 0) is 17.7 Å². The van der Waals surface area contributed by atoms with E-state index in [0.717, 1.165) is 11.3 Å². The van der Waals surface area contributed by atoms with Crippen LogP contribution in [-0.4, -0.2) is 31.3 Å². The molecule has 2 unspecified atom stereocenters. The van der Waals surface area contributed by atoms with E-state index in [1.165, 1.54) is 0 Å². The van der Waals surface area contributed by atoms with Gasteiger partial charge in [0.1, 0.15) is 12.3 Å². The highest BCUT2D eigenvalue weighted by Gasteiger charge is 2.40. The predicted molar refractivity (Wildman–Crippen MR) is 99.2 cm³/mol. The number of ether oxygens (including phenoxy) is 1. The van der Waals surface area contributed by atoms with E-state index in [2.05, 4.69) is 10.6 Å². The standard InChI is InChI=1S/C18H17Cl2N3O2/c19-12-6-14-15(7-13(12)20)23-16(18(24)22-14)8-21-9-17(23)25-10-11-4-2-1-3-5-11/h1-7,16-17,21H,8-10H2,(H,22,24). The van der Waals surface area contributed by atoms with Crippen molar-refractivity contribution in [3.63, 3.8) is 0 Å². The molecule has 2 aromatic carbocycles. The van der Waals surface area contributed by atoms with Crippen LogP contribution in [0.25, 0.3) is 0 Å². The molecular weight excluding hydrogens is 361 g/mol. The van der Waals surface area contributed by atoms with Crippen LogP contribution in [0.1, 0.15) is 5.56 Å². The SMILES string of the molecule is O=C1Nc2cc(Cl)c(Cl)cc2N2C(OCc3ccccc3)CNCC12. The third-order valence-electron chi connectivity index (χ3n) is 4.47. The smallest absolute Gasteiger partial charge is 0.248 e. The summed E-state index contributed by atoms with van der Waals surface area (Å²) in [5.74, 6) is -0.0774. The van der Waals surface area contributed by atoms with Crippen molar-refractivity contribution in [2.75, 3.05) is 23.3 Å². The first-order chi connectivity index (χ1) is 12.1. The first-order valence-corrected chi connectivity index (χ1v) is 8.83. The Hall–Kier alpha value is -1.79. The topological polar surface area (TPSA) is 53.6 Å². The summed E-state index contributed by atoms with van der Waals surface area (Å²) in [6.07, 6.45) is -0.277. The number of hydrogen-bond donors (Lipinski definition) is 2. The van der Waals surface area contributed by atoms with Crippen LogP contribution >= 0.6 is 23.2 Å². The Bertz CT molecular complexity index is 800. The molecule has 2 N–H and O–H groups in total. The average Bonchev–Trinajstić information content (AvgIpc) is 2.63. The summed E-state index contributed by atoms with van der Waals surface area (Å²) in [6.45, 7) is 1.64. The number of halogens is 2. The van der Waals surface area contributed by atoms with Crippen LogP contribution in [0.4, 0.5) is 11.4 Å². The molecule has 0 spiro atoms. The zero-order chi connectivity index (χ0) is 17.4. The van der Waals surface area contributed by atoms with E-state index in [4.69, 9.17) is 27.9 Å². The van der Waals surface area contributed by atoms with Crippen LogP contribution in [0.5, 0.6) is 0 Å². The first kappa shape index (κ1) is 16.7. The summed E-state index contributed by atoms with van der Waals surface area (Å²) in [7, 11) is 0. The summed E-state index contributed by atoms with van der Waals surface area (Å²) in [4.78, 5) is 14.5. The predicted octanol–water partition coefficient (Wildman–Crippen LogP) is 3.27. The molecule has 2 aromatic rings. The maximum absolute atomic E-state index is 12.5. The lowest BCUT2D eigenvalue weighted by Gasteiger charge is -2.46. The number of nitrogens with one attached hydrogen (secondary N) is 2. The number of piperazine rings is 1. The normalized spacial score (nSPS) is 22.2. The molecule has 0 aliphatic carbocycles. The highest BCUT2D eigenvalue weighted by atomic mass is 35.5. The Kier molecular flexibility index (Phi) is 4.56. The molecule has 2 heterocycles. The minimum atomic E-state index is -0.348. The number of benzene rings is 2. The lowest BCUT2D eigenvalue weighted by molar-refractivity contribution is -0.119. The number of carbonyl (C=O) groups is 1. The van der Waals surface area contributed by atoms with Gasteiger partial charge in [-0.2, -0.15) is 0 Å². The molecule has 2 aliphatic heterocycles. The van der Waals surface area contributed by atoms with Gasteiger partial charge in [-0.3, -0.25) is 4.79 Å². The van der Waals surface area contributed by atoms with Crippen LogP contribution in [-0.2, 0) is 16.1 Å². The quantitative estimate of drug-likeness (QED) is 0.861. The lowest BCUT2D eigenvalue weighted by atomic mass is 10.0. The first-order valence-electron chi connectivity index (χ1n) is 8.08. The highest BCUT2D eigenvalue weighted by Crippen LogP contribution is 2.40. The third-order valence-corrected chi connectivity index (χ3v) is 5.19. The number of anilines is 2. The maximum atomic E-state index is 12.5. The van der Waals surface area contributed by atoms with Crippen LogP contribution in [0.2, 0.25) is 10.0 Å². The fourth-order valence-corrected chi connectivity index (χ4v) is 3.58. The van der Waals surface area contributed by atoms with Gasteiger partial charge in [0.05, 0.1) is 28.0 Å². The molecule has 0 saturated carbocycles. The van der Waals surface area contributed by atoms with E-state index >= 15 is 0 Å². The van der Waals surface area contributed by atoms with E-state index in [1.807, 2.05) is 35.2 Å². The van der Waals surface area contributed by atoms with E-state index in [0.29, 0.717) is 35.4 Å². The second-order valence-corrected chi connectivity index (χ2v) is 6.92. The Morgan fingerprint density at radius 3 is 2.68 bits per heavy atom. The molecule has 25 heavy (non-hydrogen) atoms. The molecule has 4 rings (SSSR count). The third kappa shape index (κ3) is 3.20. The molecule has 1 fully saturated rings. The van der Waals surface area contributed by atoms with Gasteiger partial charge in [-0.15, -0.1) is 0 Å². The molecule has 2 aliphatic rings. The van der Waals surface area contributed by atoms with Crippen molar-refractivity contribution in [2.45, 2.75) is 18.9 Å². The van der Waals surface area contributed by atoms with Crippen molar-refractivity contribution in [1.82, 2.24) is 5.32 Å². The largest absolute Gasteiger partial charge is 0.352 e. The van der Waals surface area contributed by atoms with Crippen molar-refractivity contribution in [3.8, 4) is 0 Å². The zero-order valence-electron chi connectivity index (χ0n) is 13.3. The minimum Gasteiger partial charge on any atom is -0.352 e. The highest BCUT2D eigenvalue weighted by molar-refractivity contribution is 6.42. The summed E-state index contributed by atoms with van der Waals surface area (Å²) in [5, 5.41) is 7.04. The van der Waals surface area contributed by atoms with Crippen LogP contribution in [0.3, 0.4) is 0 Å². The van der Waals surface area contributed by atoms with E-state index in [9.17, 15) is 4.79 Å². The van der Waals surface area contributed by atoms with Crippen molar-refractivity contribution in [1.29, 1.82) is 0 Å². The molecule has 0 aromatic heterocycles. The van der Waals surface area contributed by atoms with Crippen molar-refractivity contribution in [3.05, 3.63) is 58.1 Å².